The first-order chi connectivity index (χ1) is 16.6. The Balaban J connectivity index is 3.42. The first-order valence-electron chi connectivity index (χ1n) is 15.8. The van der Waals surface area contributed by atoms with E-state index in [1.54, 1.807) is 0 Å². The van der Waals surface area contributed by atoms with E-state index in [1.807, 2.05) is 0 Å². The molecule has 1 N–H and O–H groups in total. The largest absolute Gasteiger partial charge is 0.481 e. The monoisotopic (exact) mass is 480 g/mol. The highest BCUT2D eigenvalue weighted by Gasteiger charge is 2.16. The normalized spacial score (nSPS) is 12.5. The van der Waals surface area contributed by atoms with Crippen LogP contribution in [0.4, 0.5) is 0 Å². The van der Waals surface area contributed by atoms with Gasteiger partial charge in [-0.2, -0.15) is 0 Å². The third kappa shape index (κ3) is 26.1. The number of aliphatic carboxylic acids is 1. The van der Waals surface area contributed by atoms with E-state index in [4.69, 9.17) is 0 Å². The summed E-state index contributed by atoms with van der Waals surface area (Å²) in [7, 11) is 0. The van der Waals surface area contributed by atoms with E-state index in [1.165, 1.54) is 141 Å². The van der Waals surface area contributed by atoms with Crippen molar-refractivity contribution in [3.8, 4) is 0 Å². The van der Waals surface area contributed by atoms with Gasteiger partial charge in [-0.3, -0.25) is 4.79 Å². The van der Waals surface area contributed by atoms with Crippen molar-refractivity contribution in [3.63, 3.8) is 0 Å². The van der Waals surface area contributed by atoms with Crippen molar-refractivity contribution in [1.82, 2.24) is 0 Å². The average molecular weight is 481 g/mol. The van der Waals surface area contributed by atoms with E-state index < -0.39 is 5.97 Å². The third-order valence-electron chi connectivity index (χ3n) is 7.59. The molecule has 0 aromatic heterocycles. The van der Waals surface area contributed by atoms with Gasteiger partial charge in [0.15, 0.2) is 0 Å². The zero-order valence-electron chi connectivity index (χ0n) is 23.9. The minimum Gasteiger partial charge on any atom is -0.481 e. The maximum Gasteiger partial charge on any atom is 0.306 e. The average Bonchev–Trinajstić information content (AvgIpc) is 2.80. The molecule has 0 fully saturated rings. The molecular formula is C32H64O2. The van der Waals surface area contributed by atoms with Crippen LogP contribution in [0, 0.1) is 11.8 Å². The number of hydrogen-bond donors (Lipinski definition) is 1. The number of rotatable bonds is 28. The zero-order valence-corrected chi connectivity index (χ0v) is 23.9. The number of carbonyl (C=O) groups is 1. The van der Waals surface area contributed by atoms with Crippen molar-refractivity contribution in [3.05, 3.63) is 0 Å². The molecule has 1 atom stereocenters. The van der Waals surface area contributed by atoms with E-state index in [-0.39, 0.29) is 5.92 Å². The van der Waals surface area contributed by atoms with Gasteiger partial charge in [-0.25, -0.2) is 0 Å². The van der Waals surface area contributed by atoms with Gasteiger partial charge in [-0.05, 0) is 18.8 Å². The first kappa shape index (κ1) is 33.5. The molecule has 2 heteroatoms. The number of carboxylic acids is 1. The Bertz CT molecular complexity index is 404. The van der Waals surface area contributed by atoms with Crippen molar-refractivity contribution in [2.45, 2.75) is 188 Å². The summed E-state index contributed by atoms with van der Waals surface area (Å²) in [6, 6.07) is 0. The highest BCUT2D eigenvalue weighted by atomic mass is 16.4. The van der Waals surface area contributed by atoms with Gasteiger partial charge in [0.25, 0.3) is 0 Å². The maximum atomic E-state index is 11.6. The number of carboxylic acid groups (broad SMARTS) is 1. The SMILES string of the molecule is CCCCCCCCCCCCCCCCC(CCCCCCCCCCCC(C)C)C(=O)O. The molecule has 204 valence electrons. The summed E-state index contributed by atoms with van der Waals surface area (Å²) in [6.45, 7) is 6.91. The Hall–Kier alpha value is -0.530. The van der Waals surface area contributed by atoms with Crippen LogP contribution in [0.3, 0.4) is 0 Å². The molecule has 0 heterocycles. The molecule has 0 aromatic carbocycles. The van der Waals surface area contributed by atoms with Crippen LogP contribution >= 0.6 is 0 Å². The van der Waals surface area contributed by atoms with Crippen molar-refractivity contribution >= 4 is 5.97 Å². The number of hydrogen-bond acceptors (Lipinski definition) is 1. The molecule has 0 aliphatic heterocycles. The van der Waals surface area contributed by atoms with E-state index in [9.17, 15) is 9.90 Å². The lowest BCUT2D eigenvalue weighted by atomic mass is 9.94. The molecule has 2 nitrogen and oxygen atoms in total. The van der Waals surface area contributed by atoms with E-state index in [2.05, 4.69) is 20.8 Å². The van der Waals surface area contributed by atoms with Gasteiger partial charge < -0.3 is 5.11 Å². The molecule has 0 radical (unpaired) electrons. The van der Waals surface area contributed by atoms with Gasteiger partial charge in [-0.1, -0.05) is 175 Å². The van der Waals surface area contributed by atoms with Gasteiger partial charge in [0, 0.05) is 0 Å². The second-order valence-corrected chi connectivity index (χ2v) is 11.6. The summed E-state index contributed by atoms with van der Waals surface area (Å²) < 4.78 is 0. The Labute approximate surface area is 215 Å². The highest BCUT2D eigenvalue weighted by Crippen LogP contribution is 2.20. The van der Waals surface area contributed by atoms with Crippen LogP contribution in [0.15, 0.2) is 0 Å². The minimum absolute atomic E-state index is 0.0988. The predicted octanol–water partition coefficient (Wildman–Crippen LogP) is 11.5. The standard InChI is InChI=1S/C32H64O2/c1-4-5-6-7-8-9-10-11-12-13-16-19-22-25-28-31(32(33)34)29-26-23-20-17-14-15-18-21-24-27-30(2)3/h30-31H,4-29H2,1-3H3,(H,33,34). The summed E-state index contributed by atoms with van der Waals surface area (Å²) in [6.07, 6.45) is 34.1. The summed E-state index contributed by atoms with van der Waals surface area (Å²) in [5.74, 6) is 0.193. The molecule has 0 saturated heterocycles. The lowest BCUT2D eigenvalue weighted by Gasteiger charge is -2.12. The quantitative estimate of drug-likeness (QED) is 0.113. The van der Waals surface area contributed by atoms with Crippen molar-refractivity contribution in [2.24, 2.45) is 11.8 Å². The van der Waals surface area contributed by atoms with Crippen LogP contribution in [-0.4, -0.2) is 11.1 Å². The van der Waals surface area contributed by atoms with Crippen molar-refractivity contribution in [2.75, 3.05) is 0 Å². The molecule has 0 aliphatic rings. The van der Waals surface area contributed by atoms with Crippen molar-refractivity contribution in [1.29, 1.82) is 0 Å². The van der Waals surface area contributed by atoms with E-state index in [0.29, 0.717) is 0 Å². The molecule has 1 unspecified atom stereocenters. The fraction of sp³-hybridized carbons (Fsp3) is 0.969. The molecule has 0 rings (SSSR count). The van der Waals surface area contributed by atoms with Crippen LogP contribution in [0.1, 0.15) is 188 Å². The minimum atomic E-state index is -0.559. The van der Waals surface area contributed by atoms with Gasteiger partial charge in [0.2, 0.25) is 0 Å². The summed E-state index contributed by atoms with van der Waals surface area (Å²) in [4.78, 5) is 11.6. The molecule has 0 aromatic rings. The lowest BCUT2D eigenvalue weighted by molar-refractivity contribution is -0.142. The lowest BCUT2D eigenvalue weighted by Crippen LogP contribution is -2.13. The van der Waals surface area contributed by atoms with Crippen LogP contribution in [0.25, 0.3) is 0 Å². The molecule has 0 amide bonds. The molecule has 34 heavy (non-hydrogen) atoms. The van der Waals surface area contributed by atoms with Crippen LogP contribution in [0.5, 0.6) is 0 Å². The molecule has 0 aliphatic carbocycles. The predicted molar refractivity (Wildman–Crippen MR) is 152 cm³/mol. The fourth-order valence-corrected chi connectivity index (χ4v) is 5.16. The Morgan fingerprint density at radius 1 is 0.471 bits per heavy atom. The first-order valence-corrected chi connectivity index (χ1v) is 15.8. The second-order valence-electron chi connectivity index (χ2n) is 11.6. The van der Waals surface area contributed by atoms with Crippen LogP contribution in [-0.2, 0) is 4.79 Å². The molecule has 0 bridgehead atoms. The fourth-order valence-electron chi connectivity index (χ4n) is 5.16. The van der Waals surface area contributed by atoms with Crippen molar-refractivity contribution < 1.29 is 9.90 Å². The van der Waals surface area contributed by atoms with E-state index >= 15 is 0 Å². The van der Waals surface area contributed by atoms with Crippen LogP contribution in [0.2, 0.25) is 0 Å². The van der Waals surface area contributed by atoms with E-state index in [0.717, 1.165) is 31.6 Å². The number of unbranched alkanes of at least 4 members (excludes halogenated alkanes) is 21. The summed E-state index contributed by atoms with van der Waals surface area (Å²) >= 11 is 0. The van der Waals surface area contributed by atoms with Crippen LogP contribution < -0.4 is 0 Å². The Morgan fingerprint density at radius 3 is 1.00 bits per heavy atom. The molecular weight excluding hydrogens is 416 g/mol. The summed E-state index contributed by atoms with van der Waals surface area (Å²) in [5, 5.41) is 9.55. The smallest absolute Gasteiger partial charge is 0.306 e. The van der Waals surface area contributed by atoms with Gasteiger partial charge in [0.05, 0.1) is 5.92 Å². The zero-order chi connectivity index (χ0) is 25.1. The Morgan fingerprint density at radius 2 is 0.735 bits per heavy atom. The third-order valence-corrected chi connectivity index (χ3v) is 7.59. The Kier molecular flexibility index (Phi) is 26.6. The van der Waals surface area contributed by atoms with Gasteiger partial charge >= 0.3 is 5.97 Å². The maximum absolute atomic E-state index is 11.6. The topological polar surface area (TPSA) is 37.3 Å². The molecule has 0 spiro atoms. The van der Waals surface area contributed by atoms with Gasteiger partial charge in [-0.15, -0.1) is 0 Å². The molecule has 0 saturated carbocycles. The second kappa shape index (κ2) is 27.1. The highest BCUT2D eigenvalue weighted by molar-refractivity contribution is 5.69. The summed E-state index contributed by atoms with van der Waals surface area (Å²) in [5.41, 5.74) is 0. The van der Waals surface area contributed by atoms with Gasteiger partial charge in [0.1, 0.15) is 0 Å².